The monoisotopic (exact) mass is 186 g/mol. The van der Waals surface area contributed by atoms with Crippen LogP contribution in [0.15, 0.2) is 0 Å². The third-order valence-corrected chi connectivity index (χ3v) is 2.08. The summed E-state index contributed by atoms with van der Waals surface area (Å²) in [5.41, 5.74) is 5.11. The molecule has 1 heterocycles. The summed E-state index contributed by atoms with van der Waals surface area (Å²) < 4.78 is 0. The molecule has 1 aliphatic rings. The Morgan fingerprint density at radius 1 is 1.38 bits per heavy atom. The van der Waals surface area contributed by atoms with E-state index >= 15 is 0 Å². The van der Waals surface area contributed by atoms with Crippen LogP contribution in [-0.4, -0.2) is 55.1 Å². The van der Waals surface area contributed by atoms with Gasteiger partial charge >= 0.3 is 6.03 Å². The van der Waals surface area contributed by atoms with Gasteiger partial charge in [-0.05, 0) is 0 Å². The molecule has 0 aromatic rings. The van der Waals surface area contributed by atoms with E-state index in [9.17, 15) is 9.59 Å². The molecule has 0 spiro atoms. The molecule has 0 unspecified atom stereocenters. The molecule has 0 radical (unpaired) electrons. The zero-order chi connectivity index (χ0) is 9.68. The van der Waals surface area contributed by atoms with Gasteiger partial charge in [0.15, 0.2) is 0 Å². The predicted octanol–water partition coefficient (Wildman–Crippen LogP) is -1.61. The average Bonchev–Trinajstić information content (AvgIpc) is 2.15. The second kappa shape index (κ2) is 4.66. The SMILES string of the molecule is NC(=O)N1CCN(CNC=O)CC1. The Balaban J connectivity index is 2.22. The van der Waals surface area contributed by atoms with E-state index in [1.54, 1.807) is 4.90 Å². The van der Waals surface area contributed by atoms with Crippen molar-refractivity contribution in [2.24, 2.45) is 5.73 Å². The molecule has 3 N–H and O–H groups in total. The molecular formula is C7H14N4O2. The molecule has 0 aliphatic carbocycles. The highest BCUT2D eigenvalue weighted by Gasteiger charge is 2.18. The minimum absolute atomic E-state index is 0.372. The molecule has 0 atom stereocenters. The van der Waals surface area contributed by atoms with Gasteiger partial charge in [0.05, 0.1) is 6.67 Å². The molecule has 0 aromatic heterocycles. The minimum Gasteiger partial charge on any atom is -0.351 e. The van der Waals surface area contributed by atoms with E-state index in [0.29, 0.717) is 26.2 Å². The first kappa shape index (κ1) is 9.79. The molecule has 1 aliphatic heterocycles. The van der Waals surface area contributed by atoms with E-state index in [-0.39, 0.29) is 6.03 Å². The fraction of sp³-hybridized carbons (Fsp3) is 0.714. The lowest BCUT2D eigenvalue weighted by atomic mass is 10.3. The summed E-state index contributed by atoms with van der Waals surface area (Å²) in [6.07, 6.45) is 0.667. The van der Waals surface area contributed by atoms with Crippen LogP contribution in [0.4, 0.5) is 4.79 Å². The topological polar surface area (TPSA) is 78.7 Å². The first-order chi connectivity index (χ1) is 6.24. The molecule has 1 saturated heterocycles. The number of primary amides is 1. The standard InChI is InChI=1S/C7H14N4O2/c8-7(13)11-3-1-10(2-4-11)5-9-6-12/h6H,1-5H2,(H2,8,13)(H,9,12). The van der Waals surface area contributed by atoms with Crippen LogP contribution in [0.5, 0.6) is 0 Å². The summed E-state index contributed by atoms with van der Waals surface area (Å²) in [6, 6.07) is -0.372. The molecule has 1 rings (SSSR count). The first-order valence-electron chi connectivity index (χ1n) is 4.18. The lowest BCUT2D eigenvalue weighted by Gasteiger charge is -2.33. The van der Waals surface area contributed by atoms with Crippen LogP contribution < -0.4 is 11.1 Å². The van der Waals surface area contributed by atoms with Gasteiger partial charge < -0.3 is 16.0 Å². The van der Waals surface area contributed by atoms with Crippen molar-refractivity contribution >= 4 is 12.4 Å². The van der Waals surface area contributed by atoms with Gasteiger partial charge in [0.2, 0.25) is 6.41 Å². The van der Waals surface area contributed by atoms with E-state index in [2.05, 4.69) is 5.32 Å². The van der Waals surface area contributed by atoms with E-state index in [4.69, 9.17) is 5.73 Å². The number of rotatable bonds is 3. The van der Waals surface area contributed by atoms with E-state index in [1.165, 1.54) is 0 Å². The van der Waals surface area contributed by atoms with Gasteiger partial charge in [0.25, 0.3) is 0 Å². The lowest BCUT2D eigenvalue weighted by molar-refractivity contribution is -0.110. The van der Waals surface area contributed by atoms with Crippen molar-refractivity contribution in [1.82, 2.24) is 15.1 Å². The van der Waals surface area contributed by atoms with E-state index in [1.807, 2.05) is 4.90 Å². The Morgan fingerprint density at radius 2 is 2.00 bits per heavy atom. The number of piperazine rings is 1. The zero-order valence-corrected chi connectivity index (χ0v) is 7.40. The normalized spacial score (nSPS) is 18.3. The average molecular weight is 186 g/mol. The van der Waals surface area contributed by atoms with Crippen molar-refractivity contribution in [3.05, 3.63) is 0 Å². The summed E-state index contributed by atoms with van der Waals surface area (Å²) in [4.78, 5) is 24.4. The maximum atomic E-state index is 10.7. The Labute approximate surface area is 76.7 Å². The van der Waals surface area contributed by atoms with E-state index in [0.717, 1.165) is 13.1 Å². The number of hydrogen-bond donors (Lipinski definition) is 2. The maximum Gasteiger partial charge on any atom is 0.314 e. The van der Waals surface area contributed by atoms with Crippen LogP contribution in [-0.2, 0) is 4.79 Å². The first-order valence-corrected chi connectivity index (χ1v) is 4.18. The smallest absolute Gasteiger partial charge is 0.314 e. The molecule has 13 heavy (non-hydrogen) atoms. The summed E-state index contributed by atoms with van der Waals surface area (Å²) in [6.45, 7) is 3.31. The maximum absolute atomic E-state index is 10.7. The van der Waals surface area contributed by atoms with Crippen LogP contribution in [0.3, 0.4) is 0 Å². The second-order valence-corrected chi connectivity index (χ2v) is 2.92. The summed E-state index contributed by atoms with van der Waals surface area (Å²) in [7, 11) is 0. The number of nitrogens with two attached hydrogens (primary N) is 1. The highest BCUT2D eigenvalue weighted by atomic mass is 16.2. The summed E-state index contributed by atoms with van der Waals surface area (Å²) in [5, 5.41) is 2.57. The highest BCUT2D eigenvalue weighted by molar-refractivity contribution is 5.72. The van der Waals surface area contributed by atoms with Crippen molar-refractivity contribution in [2.45, 2.75) is 0 Å². The quantitative estimate of drug-likeness (QED) is 0.520. The highest BCUT2D eigenvalue weighted by Crippen LogP contribution is 1.98. The summed E-state index contributed by atoms with van der Waals surface area (Å²) in [5.74, 6) is 0. The number of amides is 3. The fourth-order valence-corrected chi connectivity index (χ4v) is 1.29. The molecular weight excluding hydrogens is 172 g/mol. The third-order valence-electron chi connectivity index (χ3n) is 2.08. The van der Waals surface area contributed by atoms with Gasteiger partial charge in [0.1, 0.15) is 0 Å². The predicted molar refractivity (Wildman–Crippen MR) is 46.8 cm³/mol. The Hall–Kier alpha value is -1.30. The Morgan fingerprint density at radius 3 is 2.46 bits per heavy atom. The largest absolute Gasteiger partial charge is 0.351 e. The van der Waals surface area contributed by atoms with Gasteiger partial charge in [-0.3, -0.25) is 9.69 Å². The van der Waals surface area contributed by atoms with Crippen LogP contribution in [0.25, 0.3) is 0 Å². The van der Waals surface area contributed by atoms with Gasteiger partial charge in [-0.1, -0.05) is 0 Å². The number of hydrogen-bond acceptors (Lipinski definition) is 3. The summed E-state index contributed by atoms with van der Waals surface area (Å²) >= 11 is 0. The molecule has 0 saturated carbocycles. The minimum atomic E-state index is -0.372. The molecule has 3 amide bonds. The van der Waals surface area contributed by atoms with E-state index < -0.39 is 0 Å². The fourth-order valence-electron chi connectivity index (χ4n) is 1.29. The van der Waals surface area contributed by atoms with Crippen LogP contribution in [0.2, 0.25) is 0 Å². The van der Waals surface area contributed by atoms with Crippen molar-refractivity contribution < 1.29 is 9.59 Å². The van der Waals surface area contributed by atoms with Gasteiger partial charge in [-0.25, -0.2) is 4.79 Å². The van der Waals surface area contributed by atoms with Crippen LogP contribution in [0, 0.1) is 0 Å². The van der Waals surface area contributed by atoms with Crippen molar-refractivity contribution in [3.63, 3.8) is 0 Å². The Kier molecular flexibility index (Phi) is 3.51. The molecule has 0 aromatic carbocycles. The number of nitrogens with zero attached hydrogens (tertiary/aromatic N) is 2. The number of nitrogens with one attached hydrogen (secondary N) is 1. The molecule has 0 bridgehead atoms. The molecule has 1 fully saturated rings. The Bertz CT molecular complexity index is 189. The van der Waals surface area contributed by atoms with Gasteiger partial charge in [0, 0.05) is 26.2 Å². The van der Waals surface area contributed by atoms with Crippen molar-refractivity contribution in [3.8, 4) is 0 Å². The zero-order valence-electron chi connectivity index (χ0n) is 7.40. The van der Waals surface area contributed by atoms with Gasteiger partial charge in [-0.15, -0.1) is 0 Å². The number of urea groups is 1. The lowest BCUT2D eigenvalue weighted by Crippen LogP contribution is -2.52. The number of carbonyl (C=O) groups is 2. The molecule has 74 valence electrons. The second-order valence-electron chi connectivity index (χ2n) is 2.92. The van der Waals surface area contributed by atoms with Crippen molar-refractivity contribution in [2.75, 3.05) is 32.8 Å². The molecule has 6 heteroatoms. The van der Waals surface area contributed by atoms with Gasteiger partial charge in [-0.2, -0.15) is 0 Å². The molecule has 6 nitrogen and oxygen atoms in total. The van der Waals surface area contributed by atoms with Crippen LogP contribution in [0.1, 0.15) is 0 Å². The van der Waals surface area contributed by atoms with Crippen molar-refractivity contribution in [1.29, 1.82) is 0 Å². The number of carbonyl (C=O) groups excluding carboxylic acids is 2. The third kappa shape index (κ3) is 2.90. The van der Waals surface area contributed by atoms with Crippen LogP contribution >= 0.6 is 0 Å².